The number of nitrogens with two attached hydrogens (primary N) is 1. The van der Waals surface area contributed by atoms with Crippen LogP contribution in [0.5, 0.6) is 0 Å². The van der Waals surface area contributed by atoms with Gasteiger partial charge in [0.1, 0.15) is 4.99 Å². The van der Waals surface area contributed by atoms with Crippen molar-refractivity contribution in [3.8, 4) is 0 Å². The highest BCUT2D eigenvalue weighted by Crippen LogP contribution is 2.42. The van der Waals surface area contributed by atoms with Gasteiger partial charge in [-0.2, -0.15) is 11.8 Å². The van der Waals surface area contributed by atoms with E-state index in [4.69, 9.17) is 18.0 Å². The van der Waals surface area contributed by atoms with Gasteiger partial charge in [-0.15, -0.1) is 0 Å². The molecular formula is C13H18N2O2S3. The van der Waals surface area contributed by atoms with Gasteiger partial charge < -0.3 is 5.73 Å². The quantitative estimate of drug-likeness (QED) is 0.779. The Morgan fingerprint density at radius 1 is 1.40 bits per heavy atom. The third kappa shape index (κ3) is 3.33. The maximum absolute atomic E-state index is 12.2. The SMILES string of the molecule is CSC1(CNS(=O)(=O)c2ccc(C(N)=S)cc2)CCC1. The predicted octanol–water partition coefficient (Wildman–Crippen LogP) is 1.88. The van der Waals surface area contributed by atoms with Crippen molar-refractivity contribution < 1.29 is 8.42 Å². The van der Waals surface area contributed by atoms with Gasteiger partial charge in [0.25, 0.3) is 0 Å². The summed E-state index contributed by atoms with van der Waals surface area (Å²) in [5.41, 5.74) is 6.16. The lowest BCUT2D eigenvalue weighted by Gasteiger charge is -2.40. The van der Waals surface area contributed by atoms with Gasteiger partial charge in [0.2, 0.25) is 10.0 Å². The Kier molecular flexibility index (Phi) is 4.73. The molecule has 0 amide bonds. The normalized spacial score (nSPS) is 17.4. The standard InChI is InChI=1S/C13H18N2O2S3/c1-19-13(7-2-8-13)9-15-20(16,17)11-5-3-10(4-6-11)12(14)18/h3-6,15H,2,7-9H2,1H3,(H2,14,18). The van der Waals surface area contributed by atoms with Crippen LogP contribution in [0, 0.1) is 0 Å². The predicted molar refractivity (Wildman–Crippen MR) is 87.6 cm³/mol. The number of thioether (sulfide) groups is 1. The van der Waals surface area contributed by atoms with E-state index < -0.39 is 10.0 Å². The van der Waals surface area contributed by atoms with Crippen LogP contribution < -0.4 is 10.5 Å². The highest BCUT2D eigenvalue weighted by atomic mass is 32.2. The van der Waals surface area contributed by atoms with Crippen molar-refractivity contribution >= 4 is 39.0 Å². The number of nitrogens with one attached hydrogen (secondary N) is 1. The first-order valence-corrected chi connectivity index (χ1v) is 9.45. The number of hydrogen-bond acceptors (Lipinski definition) is 4. The third-order valence-corrected chi connectivity index (χ3v) is 6.80. The molecule has 1 saturated carbocycles. The molecule has 0 aliphatic heterocycles. The molecule has 1 fully saturated rings. The summed E-state index contributed by atoms with van der Waals surface area (Å²) in [7, 11) is -3.47. The van der Waals surface area contributed by atoms with Gasteiger partial charge >= 0.3 is 0 Å². The van der Waals surface area contributed by atoms with E-state index in [1.807, 2.05) is 6.26 Å². The molecule has 1 aliphatic rings. The summed E-state index contributed by atoms with van der Waals surface area (Å²) >= 11 is 6.59. The number of hydrogen-bond donors (Lipinski definition) is 2. The first kappa shape index (κ1) is 15.8. The molecule has 0 saturated heterocycles. The van der Waals surface area contributed by atoms with E-state index in [1.54, 1.807) is 23.9 Å². The maximum atomic E-state index is 12.2. The zero-order valence-corrected chi connectivity index (χ0v) is 13.7. The van der Waals surface area contributed by atoms with Gasteiger partial charge in [-0.1, -0.05) is 30.8 Å². The molecule has 20 heavy (non-hydrogen) atoms. The Morgan fingerprint density at radius 3 is 2.40 bits per heavy atom. The molecule has 0 unspecified atom stereocenters. The molecule has 0 radical (unpaired) electrons. The Bertz CT molecular complexity index is 587. The van der Waals surface area contributed by atoms with Crippen LogP contribution in [0.1, 0.15) is 24.8 Å². The van der Waals surface area contributed by atoms with Crippen LogP contribution in [0.2, 0.25) is 0 Å². The summed E-state index contributed by atoms with van der Waals surface area (Å²) < 4.78 is 27.2. The molecule has 0 atom stereocenters. The smallest absolute Gasteiger partial charge is 0.240 e. The summed E-state index contributed by atoms with van der Waals surface area (Å²) in [4.78, 5) is 0.505. The molecule has 3 N–H and O–H groups in total. The summed E-state index contributed by atoms with van der Waals surface area (Å²) in [5.74, 6) is 0. The highest BCUT2D eigenvalue weighted by Gasteiger charge is 2.37. The molecule has 0 spiro atoms. The van der Waals surface area contributed by atoms with Gasteiger partial charge in [0, 0.05) is 16.9 Å². The van der Waals surface area contributed by atoms with E-state index in [-0.39, 0.29) is 14.6 Å². The first-order valence-electron chi connectivity index (χ1n) is 6.33. The second kappa shape index (κ2) is 6.01. The fraction of sp³-hybridized carbons (Fsp3) is 0.462. The Balaban J connectivity index is 2.08. The van der Waals surface area contributed by atoms with Gasteiger partial charge in [0.05, 0.1) is 4.90 Å². The van der Waals surface area contributed by atoms with E-state index in [1.165, 1.54) is 18.6 Å². The van der Waals surface area contributed by atoms with Gasteiger partial charge in [-0.05, 0) is 31.2 Å². The first-order chi connectivity index (χ1) is 9.38. The number of sulfonamides is 1. The number of rotatable bonds is 6. The van der Waals surface area contributed by atoms with Gasteiger partial charge in [-0.3, -0.25) is 0 Å². The average molecular weight is 331 g/mol. The maximum Gasteiger partial charge on any atom is 0.240 e. The Labute approximate surface area is 129 Å². The largest absolute Gasteiger partial charge is 0.389 e. The monoisotopic (exact) mass is 330 g/mol. The van der Waals surface area contributed by atoms with Gasteiger partial charge in [0.15, 0.2) is 0 Å². The lowest BCUT2D eigenvalue weighted by molar-refractivity contribution is 0.362. The van der Waals surface area contributed by atoms with Crippen molar-refractivity contribution in [2.45, 2.75) is 28.9 Å². The summed E-state index contributed by atoms with van der Waals surface area (Å²) in [6, 6.07) is 6.32. The second-order valence-corrected chi connectivity index (χ2v) is 8.43. The molecule has 1 aromatic carbocycles. The molecule has 0 heterocycles. The topological polar surface area (TPSA) is 72.2 Å². The van der Waals surface area contributed by atoms with Crippen LogP contribution in [0.25, 0.3) is 0 Å². The molecule has 0 aromatic heterocycles. The van der Waals surface area contributed by atoms with Crippen LogP contribution in [0.15, 0.2) is 29.2 Å². The fourth-order valence-electron chi connectivity index (χ4n) is 2.13. The van der Waals surface area contributed by atoms with Crippen molar-refractivity contribution in [1.29, 1.82) is 0 Å². The summed E-state index contributed by atoms with van der Waals surface area (Å²) in [6.45, 7) is 0.480. The Hall–Kier alpha value is -0.630. The van der Waals surface area contributed by atoms with Crippen LogP contribution in [-0.4, -0.2) is 31.0 Å². The van der Waals surface area contributed by atoms with E-state index in [2.05, 4.69) is 4.72 Å². The average Bonchev–Trinajstić information content (AvgIpc) is 2.38. The van der Waals surface area contributed by atoms with Gasteiger partial charge in [-0.25, -0.2) is 13.1 Å². The molecule has 0 bridgehead atoms. The molecule has 110 valence electrons. The zero-order valence-electron chi connectivity index (χ0n) is 11.3. The van der Waals surface area contributed by atoms with E-state index in [9.17, 15) is 8.42 Å². The number of benzene rings is 1. The lowest BCUT2D eigenvalue weighted by atomic mass is 9.84. The van der Waals surface area contributed by atoms with Crippen molar-refractivity contribution in [3.05, 3.63) is 29.8 Å². The van der Waals surface area contributed by atoms with Crippen LogP contribution in [-0.2, 0) is 10.0 Å². The minimum absolute atomic E-state index is 0.0752. The molecule has 2 rings (SSSR count). The van der Waals surface area contributed by atoms with E-state index in [0.717, 1.165) is 12.8 Å². The molecule has 1 aliphatic carbocycles. The van der Waals surface area contributed by atoms with Crippen molar-refractivity contribution in [2.75, 3.05) is 12.8 Å². The summed E-state index contributed by atoms with van der Waals surface area (Å²) in [5, 5.41) is 0. The van der Waals surface area contributed by atoms with E-state index in [0.29, 0.717) is 12.1 Å². The van der Waals surface area contributed by atoms with Crippen molar-refractivity contribution in [3.63, 3.8) is 0 Å². The van der Waals surface area contributed by atoms with E-state index >= 15 is 0 Å². The Morgan fingerprint density at radius 2 is 2.00 bits per heavy atom. The molecule has 1 aromatic rings. The van der Waals surface area contributed by atoms with Crippen molar-refractivity contribution in [2.24, 2.45) is 5.73 Å². The van der Waals surface area contributed by atoms with Crippen LogP contribution >= 0.6 is 24.0 Å². The van der Waals surface area contributed by atoms with Crippen LogP contribution in [0.4, 0.5) is 0 Å². The highest BCUT2D eigenvalue weighted by molar-refractivity contribution is 8.00. The minimum Gasteiger partial charge on any atom is -0.389 e. The van der Waals surface area contributed by atoms with Crippen molar-refractivity contribution in [1.82, 2.24) is 4.72 Å². The summed E-state index contributed by atoms with van der Waals surface area (Å²) in [6.07, 6.45) is 5.34. The second-order valence-electron chi connectivity index (χ2n) is 4.95. The molecule has 7 heteroatoms. The third-order valence-electron chi connectivity index (χ3n) is 3.73. The number of thiocarbonyl (C=S) groups is 1. The zero-order chi connectivity index (χ0) is 14.8. The molecular weight excluding hydrogens is 312 g/mol. The minimum atomic E-state index is -3.47. The molecule has 4 nitrogen and oxygen atoms in total. The lowest BCUT2D eigenvalue weighted by Crippen LogP contribution is -2.45. The fourth-order valence-corrected chi connectivity index (χ4v) is 4.40. The van der Waals surface area contributed by atoms with Crippen LogP contribution in [0.3, 0.4) is 0 Å².